The number of carbonyl (C=O) groups is 2. The van der Waals surface area contributed by atoms with Crippen LogP contribution in [0.3, 0.4) is 0 Å². The monoisotopic (exact) mass is 424 g/mol. The van der Waals surface area contributed by atoms with Crippen LogP contribution in [-0.2, 0) is 6.54 Å². The third-order valence-corrected chi connectivity index (χ3v) is 5.38. The molecule has 1 N–H and O–H groups in total. The first kappa shape index (κ1) is 20.3. The van der Waals surface area contributed by atoms with Crippen LogP contribution in [0.4, 0.5) is 0 Å². The number of nitrogens with zero attached hydrogens (tertiary/aromatic N) is 4. The van der Waals surface area contributed by atoms with Gasteiger partial charge < -0.3 is 5.11 Å². The number of aromatic carboxylic acids is 1. The van der Waals surface area contributed by atoms with Gasteiger partial charge in [-0.15, -0.1) is 5.10 Å². The molecule has 0 aliphatic carbocycles. The Balaban J connectivity index is 1.79. The molecule has 0 saturated carbocycles. The highest BCUT2D eigenvalue weighted by atomic mass is 35.5. The maximum absolute atomic E-state index is 13.2. The fourth-order valence-corrected chi connectivity index (χ4v) is 3.84. The number of carbonyl (C=O) groups excluding carboxylic acids is 1. The first-order valence-corrected chi connectivity index (χ1v) is 10.2. The van der Waals surface area contributed by atoms with Crippen molar-refractivity contribution in [1.29, 1.82) is 0 Å². The highest BCUT2D eigenvalue weighted by Crippen LogP contribution is 2.24. The van der Waals surface area contributed by atoms with Crippen LogP contribution in [0.15, 0.2) is 48.5 Å². The van der Waals surface area contributed by atoms with Crippen molar-refractivity contribution in [2.75, 3.05) is 13.1 Å². The summed E-state index contributed by atoms with van der Waals surface area (Å²) in [7, 11) is 0. The fraction of sp³-hybridized carbons (Fsp3) is 0.273. The van der Waals surface area contributed by atoms with Crippen LogP contribution in [0, 0.1) is 0 Å². The predicted octanol–water partition coefficient (Wildman–Crippen LogP) is 3.84. The Morgan fingerprint density at radius 1 is 1.03 bits per heavy atom. The number of hydrogen-bond donors (Lipinski definition) is 1. The molecule has 0 unspecified atom stereocenters. The fourth-order valence-electron chi connectivity index (χ4n) is 3.67. The lowest BCUT2D eigenvalue weighted by Gasteiger charge is -2.26. The number of ketones is 1. The zero-order valence-corrected chi connectivity index (χ0v) is 17.0. The molecule has 1 aliphatic rings. The molecule has 154 valence electrons. The van der Waals surface area contributed by atoms with E-state index < -0.39 is 5.97 Å². The number of carboxylic acids is 1. The normalized spacial score (nSPS) is 14.6. The number of likely N-dealkylation sites (tertiary alicyclic amines) is 1. The maximum Gasteiger partial charge on any atom is 0.375 e. The molecule has 0 radical (unpaired) electrons. The summed E-state index contributed by atoms with van der Waals surface area (Å²) in [6.45, 7) is 2.30. The van der Waals surface area contributed by atoms with Gasteiger partial charge in [0.25, 0.3) is 5.82 Å². The van der Waals surface area contributed by atoms with Gasteiger partial charge in [-0.25, -0.2) is 14.5 Å². The van der Waals surface area contributed by atoms with Crippen molar-refractivity contribution in [2.24, 2.45) is 0 Å². The lowest BCUT2D eigenvalue weighted by molar-refractivity contribution is 0.0683. The summed E-state index contributed by atoms with van der Waals surface area (Å²) in [4.78, 5) is 31.2. The van der Waals surface area contributed by atoms with Crippen LogP contribution in [0.25, 0.3) is 5.69 Å². The van der Waals surface area contributed by atoms with Gasteiger partial charge in [-0.2, -0.15) is 0 Å². The van der Waals surface area contributed by atoms with Gasteiger partial charge in [0, 0.05) is 16.1 Å². The Labute approximate surface area is 178 Å². The van der Waals surface area contributed by atoms with Gasteiger partial charge in [-0.05, 0) is 44.1 Å². The zero-order chi connectivity index (χ0) is 21.1. The molecular weight excluding hydrogens is 404 g/mol. The van der Waals surface area contributed by atoms with Gasteiger partial charge in [0.15, 0.2) is 5.78 Å². The Bertz CT molecular complexity index is 1080. The van der Waals surface area contributed by atoms with Gasteiger partial charge in [-0.3, -0.25) is 9.69 Å². The van der Waals surface area contributed by atoms with Crippen molar-refractivity contribution >= 4 is 23.4 Å². The molecule has 2 aromatic carbocycles. The zero-order valence-electron chi connectivity index (χ0n) is 16.3. The minimum Gasteiger partial charge on any atom is -0.475 e. The molecular formula is C22H21ClN4O3. The summed E-state index contributed by atoms with van der Waals surface area (Å²) < 4.78 is 1.46. The summed E-state index contributed by atoms with van der Waals surface area (Å²) in [6, 6.07) is 13.8. The van der Waals surface area contributed by atoms with Gasteiger partial charge in [0.2, 0.25) is 0 Å². The van der Waals surface area contributed by atoms with E-state index in [0.29, 0.717) is 34.2 Å². The van der Waals surface area contributed by atoms with Gasteiger partial charge >= 0.3 is 5.97 Å². The summed E-state index contributed by atoms with van der Waals surface area (Å²) in [5, 5.41) is 14.0. The Kier molecular flexibility index (Phi) is 5.92. The SMILES string of the molecule is O=C(O)c1nc(CN2CCCCC2)n(-c2ccc(Cl)cc2C(=O)c2ccccc2)n1. The highest BCUT2D eigenvalue weighted by molar-refractivity contribution is 6.31. The molecule has 1 aliphatic heterocycles. The van der Waals surface area contributed by atoms with Crippen LogP contribution < -0.4 is 0 Å². The minimum absolute atomic E-state index is 0.218. The van der Waals surface area contributed by atoms with Gasteiger partial charge in [0.05, 0.1) is 12.2 Å². The van der Waals surface area contributed by atoms with Crippen LogP contribution in [-0.4, -0.2) is 49.6 Å². The van der Waals surface area contributed by atoms with Crippen molar-refractivity contribution in [1.82, 2.24) is 19.7 Å². The molecule has 0 atom stereocenters. The lowest BCUT2D eigenvalue weighted by atomic mass is 10.0. The summed E-state index contributed by atoms with van der Waals surface area (Å²) in [5.74, 6) is -1.24. The lowest BCUT2D eigenvalue weighted by Crippen LogP contribution is -2.30. The maximum atomic E-state index is 13.2. The second kappa shape index (κ2) is 8.77. The molecule has 8 heteroatoms. The largest absolute Gasteiger partial charge is 0.475 e. The van der Waals surface area contributed by atoms with E-state index in [0.717, 1.165) is 25.9 Å². The molecule has 0 bridgehead atoms. The van der Waals surface area contributed by atoms with Crippen molar-refractivity contribution in [3.63, 3.8) is 0 Å². The number of benzene rings is 2. The number of halogens is 1. The molecule has 2 heterocycles. The van der Waals surface area contributed by atoms with Gasteiger partial charge in [0.1, 0.15) is 5.82 Å². The van der Waals surface area contributed by atoms with Crippen molar-refractivity contribution in [2.45, 2.75) is 25.8 Å². The molecule has 30 heavy (non-hydrogen) atoms. The molecule has 3 aromatic rings. The summed E-state index contributed by atoms with van der Waals surface area (Å²) in [6.07, 6.45) is 3.38. The second-order valence-corrected chi connectivity index (χ2v) is 7.70. The van der Waals surface area contributed by atoms with Gasteiger partial charge in [-0.1, -0.05) is 48.4 Å². The Morgan fingerprint density at radius 3 is 2.47 bits per heavy atom. The van der Waals surface area contributed by atoms with E-state index in [4.69, 9.17) is 11.6 Å². The topological polar surface area (TPSA) is 88.3 Å². The standard InChI is InChI=1S/C22H21ClN4O3/c23-16-9-10-18(17(13-16)20(28)15-7-3-1-4-8-15)27-19(24-21(25-27)22(29)30)14-26-11-5-2-6-12-26/h1,3-4,7-10,13H,2,5-6,11-12,14H2,(H,29,30). The van der Waals surface area contributed by atoms with Crippen molar-refractivity contribution in [3.05, 3.63) is 76.3 Å². The number of hydrogen-bond acceptors (Lipinski definition) is 5. The number of piperidine rings is 1. The van der Waals surface area contributed by atoms with Crippen LogP contribution in [0.1, 0.15) is 51.6 Å². The minimum atomic E-state index is -1.21. The smallest absolute Gasteiger partial charge is 0.375 e. The molecule has 4 rings (SSSR count). The summed E-state index contributed by atoms with van der Waals surface area (Å²) in [5.41, 5.74) is 1.31. The van der Waals surface area contributed by atoms with E-state index in [9.17, 15) is 14.7 Å². The molecule has 7 nitrogen and oxygen atoms in total. The molecule has 0 amide bonds. The quantitative estimate of drug-likeness (QED) is 0.605. The highest BCUT2D eigenvalue weighted by Gasteiger charge is 2.23. The van der Waals surface area contributed by atoms with E-state index in [2.05, 4.69) is 15.0 Å². The number of carboxylic acid groups (broad SMARTS) is 1. The average Bonchev–Trinajstić information content (AvgIpc) is 3.18. The molecule has 1 fully saturated rings. The average molecular weight is 425 g/mol. The van der Waals surface area contributed by atoms with Crippen molar-refractivity contribution < 1.29 is 14.7 Å². The van der Waals surface area contributed by atoms with E-state index in [1.165, 1.54) is 11.1 Å². The van der Waals surface area contributed by atoms with Crippen LogP contribution >= 0.6 is 11.6 Å². The second-order valence-electron chi connectivity index (χ2n) is 7.26. The van der Waals surface area contributed by atoms with Crippen LogP contribution in [0.2, 0.25) is 5.02 Å². The van der Waals surface area contributed by atoms with Crippen molar-refractivity contribution in [3.8, 4) is 5.69 Å². The predicted molar refractivity (Wildman–Crippen MR) is 112 cm³/mol. The molecule has 0 spiro atoms. The van der Waals surface area contributed by atoms with Crippen LogP contribution in [0.5, 0.6) is 0 Å². The van der Waals surface area contributed by atoms with E-state index in [1.807, 2.05) is 6.07 Å². The van der Waals surface area contributed by atoms with E-state index in [-0.39, 0.29) is 11.6 Å². The van der Waals surface area contributed by atoms with E-state index >= 15 is 0 Å². The number of rotatable bonds is 6. The third kappa shape index (κ3) is 4.27. The third-order valence-electron chi connectivity index (χ3n) is 5.15. The molecule has 1 saturated heterocycles. The first-order chi connectivity index (χ1) is 14.5. The molecule has 1 aromatic heterocycles. The Hall–Kier alpha value is -3.03. The summed E-state index contributed by atoms with van der Waals surface area (Å²) >= 11 is 6.19. The number of aromatic nitrogens is 3. The van der Waals surface area contributed by atoms with E-state index in [1.54, 1.807) is 42.5 Å². The first-order valence-electron chi connectivity index (χ1n) is 9.84. The Morgan fingerprint density at radius 2 is 1.77 bits per heavy atom.